The molecule has 1 saturated carbocycles. The van der Waals surface area contributed by atoms with E-state index in [0.717, 1.165) is 35.9 Å². The van der Waals surface area contributed by atoms with Gasteiger partial charge < -0.3 is 15.0 Å². The normalized spacial score (nSPS) is 26.0. The van der Waals surface area contributed by atoms with Crippen molar-refractivity contribution in [2.75, 3.05) is 20.2 Å². The first-order valence-corrected chi connectivity index (χ1v) is 10.5. The van der Waals surface area contributed by atoms with E-state index in [1.165, 1.54) is 29.8 Å². The molecule has 0 aromatic heterocycles. The molecular weight excluding hydrogens is 360 g/mol. The third-order valence-corrected chi connectivity index (χ3v) is 5.85. The van der Waals surface area contributed by atoms with Gasteiger partial charge in [-0.15, -0.1) is 0 Å². The van der Waals surface area contributed by atoms with Crippen LogP contribution in [0.4, 0.5) is 0 Å². The van der Waals surface area contributed by atoms with Crippen molar-refractivity contribution in [1.29, 1.82) is 0 Å². The second-order valence-corrected chi connectivity index (χ2v) is 8.35. The molecule has 2 atom stereocenters. The third-order valence-electron chi connectivity index (χ3n) is 5.85. The van der Waals surface area contributed by atoms with E-state index in [0.29, 0.717) is 12.1 Å². The zero-order chi connectivity index (χ0) is 20.0. The second-order valence-electron chi connectivity index (χ2n) is 8.35. The van der Waals surface area contributed by atoms with Crippen LogP contribution in [-0.2, 0) is 0 Å². The molecule has 150 valence electrons. The number of aliphatic imine (C=N–C) groups is 1. The average molecular weight is 389 g/mol. The molecule has 3 aliphatic heterocycles. The predicted octanol–water partition coefficient (Wildman–Crippen LogP) is 3.89. The first-order chi connectivity index (χ1) is 14.1. The van der Waals surface area contributed by atoms with Crippen molar-refractivity contribution in [3.8, 4) is 5.75 Å². The quantitative estimate of drug-likeness (QED) is 0.853. The smallest absolute Gasteiger partial charge is 0.137 e. The lowest BCUT2D eigenvalue weighted by Crippen LogP contribution is -2.53. The number of nitrogens with zero attached hydrogens (tertiary/aromatic N) is 3. The van der Waals surface area contributed by atoms with E-state index in [9.17, 15) is 0 Å². The van der Waals surface area contributed by atoms with E-state index in [2.05, 4.69) is 65.5 Å². The molecule has 0 radical (unpaired) electrons. The summed E-state index contributed by atoms with van der Waals surface area (Å²) in [6.07, 6.45) is 11.2. The number of amidine groups is 1. The lowest BCUT2D eigenvalue weighted by Gasteiger charge is -2.40. The number of hydrogen-bond acceptors (Lipinski definition) is 5. The van der Waals surface area contributed by atoms with Gasteiger partial charge in [-0.2, -0.15) is 0 Å². The number of piperazine rings is 1. The zero-order valence-corrected chi connectivity index (χ0v) is 17.4. The van der Waals surface area contributed by atoms with Gasteiger partial charge in [0, 0.05) is 42.6 Å². The molecule has 2 fully saturated rings. The fourth-order valence-electron chi connectivity index (χ4n) is 4.35. The molecule has 0 bridgehead atoms. The predicted molar refractivity (Wildman–Crippen MR) is 117 cm³/mol. The summed E-state index contributed by atoms with van der Waals surface area (Å²) in [4.78, 5) is 9.73. The zero-order valence-electron chi connectivity index (χ0n) is 17.4. The first-order valence-electron chi connectivity index (χ1n) is 10.5. The maximum Gasteiger partial charge on any atom is 0.137 e. The monoisotopic (exact) mass is 388 g/mol. The van der Waals surface area contributed by atoms with Gasteiger partial charge in [0.05, 0.1) is 18.5 Å². The van der Waals surface area contributed by atoms with Crippen LogP contribution in [0.25, 0.3) is 5.70 Å². The van der Waals surface area contributed by atoms with Gasteiger partial charge >= 0.3 is 0 Å². The Hall–Kier alpha value is -2.79. The molecule has 1 aromatic rings. The first kappa shape index (κ1) is 18.3. The molecule has 29 heavy (non-hydrogen) atoms. The summed E-state index contributed by atoms with van der Waals surface area (Å²) < 4.78 is 5.30. The van der Waals surface area contributed by atoms with Crippen LogP contribution >= 0.6 is 0 Å². The fourth-order valence-corrected chi connectivity index (χ4v) is 4.35. The van der Waals surface area contributed by atoms with E-state index in [-0.39, 0.29) is 0 Å². The minimum atomic E-state index is 0.493. The van der Waals surface area contributed by atoms with Crippen molar-refractivity contribution in [3.63, 3.8) is 0 Å². The molecular formula is C24H28N4O. The summed E-state index contributed by atoms with van der Waals surface area (Å²) >= 11 is 0. The Labute approximate surface area is 172 Å². The summed E-state index contributed by atoms with van der Waals surface area (Å²) in [5.74, 6) is 1.86. The molecule has 5 rings (SSSR count). The molecule has 4 aliphatic rings. The van der Waals surface area contributed by atoms with Crippen LogP contribution in [0.3, 0.4) is 0 Å². The topological polar surface area (TPSA) is 40.1 Å². The van der Waals surface area contributed by atoms with Crippen LogP contribution in [0.1, 0.15) is 32.3 Å². The van der Waals surface area contributed by atoms with Crippen molar-refractivity contribution in [3.05, 3.63) is 71.2 Å². The fraction of sp³-hybridized carbons (Fsp3) is 0.375. The van der Waals surface area contributed by atoms with Gasteiger partial charge in [-0.1, -0.05) is 0 Å². The van der Waals surface area contributed by atoms with E-state index >= 15 is 0 Å². The van der Waals surface area contributed by atoms with Gasteiger partial charge in [0.1, 0.15) is 11.6 Å². The van der Waals surface area contributed by atoms with E-state index < -0.39 is 0 Å². The summed E-state index contributed by atoms with van der Waals surface area (Å²) in [6, 6.07) is 9.13. The van der Waals surface area contributed by atoms with Crippen molar-refractivity contribution in [2.45, 2.75) is 38.8 Å². The highest BCUT2D eigenvalue weighted by Gasteiger charge is 2.29. The highest BCUT2D eigenvalue weighted by Crippen LogP contribution is 2.39. The van der Waals surface area contributed by atoms with E-state index in [4.69, 9.17) is 9.73 Å². The molecule has 1 aliphatic carbocycles. The van der Waals surface area contributed by atoms with Crippen LogP contribution in [0.2, 0.25) is 0 Å². The van der Waals surface area contributed by atoms with Crippen LogP contribution < -0.4 is 10.1 Å². The summed E-state index contributed by atoms with van der Waals surface area (Å²) in [5.41, 5.74) is 6.20. The Kier molecular flexibility index (Phi) is 4.55. The third kappa shape index (κ3) is 3.62. The van der Waals surface area contributed by atoms with Crippen LogP contribution in [0, 0.1) is 0 Å². The average Bonchev–Trinajstić information content (AvgIpc) is 3.57. The molecule has 1 aromatic carbocycles. The van der Waals surface area contributed by atoms with Crippen molar-refractivity contribution >= 4 is 11.5 Å². The molecule has 5 heteroatoms. The lowest BCUT2D eigenvalue weighted by atomic mass is 10.1. The number of ether oxygens (including phenoxy) is 1. The number of fused-ring (bicyclic) bond motifs is 1. The van der Waals surface area contributed by atoms with Gasteiger partial charge in [-0.3, -0.25) is 4.90 Å². The maximum atomic E-state index is 5.30. The number of hydrogen-bond donors (Lipinski definition) is 1. The van der Waals surface area contributed by atoms with Crippen molar-refractivity contribution in [2.24, 2.45) is 4.99 Å². The molecule has 1 saturated heterocycles. The number of rotatable bonds is 3. The lowest BCUT2D eigenvalue weighted by molar-refractivity contribution is 0.218. The van der Waals surface area contributed by atoms with Gasteiger partial charge in [-0.25, -0.2) is 4.99 Å². The largest absolute Gasteiger partial charge is 0.497 e. The van der Waals surface area contributed by atoms with E-state index in [1.54, 1.807) is 7.11 Å². The highest BCUT2D eigenvalue weighted by atomic mass is 16.5. The summed E-state index contributed by atoms with van der Waals surface area (Å²) in [6.45, 7) is 6.56. The SMILES string of the molecule is COc1ccc(C2=CC(=C3CC3)N3C=C(N4CC(C)NC(C)C4)C=CC3=N2)cc1. The van der Waals surface area contributed by atoms with Crippen molar-refractivity contribution in [1.82, 2.24) is 15.1 Å². The molecule has 5 nitrogen and oxygen atoms in total. The van der Waals surface area contributed by atoms with Crippen LogP contribution in [0.5, 0.6) is 5.75 Å². The Bertz CT molecular complexity index is 951. The Balaban J connectivity index is 1.46. The van der Waals surface area contributed by atoms with Crippen LogP contribution in [-0.4, -0.2) is 47.9 Å². The minimum absolute atomic E-state index is 0.493. The molecule has 0 spiro atoms. The van der Waals surface area contributed by atoms with Crippen LogP contribution in [0.15, 0.2) is 70.7 Å². The van der Waals surface area contributed by atoms with Gasteiger partial charge in [0.2, 0.25) is 0 Å². The Morgan fingerprint density at radius 3 is 2.41 bits per heavy atom. The number of allylic oxidation sites excluding steroid dienone is 3. The second kappa shape index (κ2) is 7.23. The van der Waals surface area contributed by atoms with E-state index in [1.807, 2.05) is 12.1 Å². The molecule has 3 heterocycles. The van der Waals surface area contributed by atoms with Gasteiger partial charge in [0.15, 0.2) is 0 Å². The minimum Gasteiger partial charge on any atom is -0.497 e. The van der Waals surface area contributed by atoms with Crippen molar-refractivity contribution < 1.29 is 4.74 Å². The number of benzene rings is 1. The van der Waals surface area contributed by atoms with Gasteiger partial charge in [-0.05, 0) is 74.8 Å². The van der Waals surface area contributed by atoms with Gasteiger partial charge in [0.25, 0.3) is 0 Å². The number of nitrogens with one attached hydrogen (secondary N) is 1. The maximum absolute atomic E-state index is 5.30. The summed E-state index contributed by atoms with van der Waals surface area (Å²) in [7, 11) is 1.69. The Morgan fingerprint density at radius 1 is 1.03 bits per heavy atom. The molecule has 0 amide bonds. The summed E-state index contributed by atoms with van der Waals surface area (Å²) in [5, 5.41) is 3.62. The Morgan fingerprint density at radius 2 is 1.76 bits per heavy atom. The standard InChI is InChI=1S/C24H28N4O/c1-16-13-27(14-17(2)25-16)20-8-11-24-26-22(18-6-9-21(29-3)10-7-18)12-23(19-4-5-19)28(24)15-20/h6-12,15-17,25H,4-5,13-14H2,1-3H3. The highest BCUT2D eigenvalue weighted by molar-refractivity contribution is 6.02. The molecule has 2 unspecified atom stereocenters. The molecule has 1 N–H and O–H groups in total. The number of methoxy groups -OCH3 is 1.